The molecule has 5 nitrogen and oxygen atoms in total. The molecule has 0 atom stereocenters. The molecule has 0 aromatic heterocycles. The van der Waals surface area contributed by atoms with E-state index in [1.54, 1.807) is 30.4 Å². The van der Waals surface area contributed by atoms with Crippen LogP contribution in [0.5, 0.6) is 0 Å². The van der Waals surface area contributed by atoms with Crippen molar-refractivity contribution in [2.75, 3.05) is 0 Å². The topological polar surface area (TPSA) is 76.4 Å². The highest BCUT2D eigenvalue weighted by Crippen LogP contribution is 2.29. The highest BCUT2D eigenvalue weighted by molar-refractivity contribution is 5.77. The van der Waals surface area contributed by atoms with Gasteiger partial charge in [0.2, 0.25) is 0 Å². The number of allylic oxidation sites excluding steroid dienone is 10. The Kier molecular flexibility index (Phi) is 12.8. The molecule has 0 bridgehead atoms. The van der Waals surface area contributed by atoms with Gasteiger partial charge in [0.25, 0.3) is 0 Å². The molecule has 0 saturated heterocycles. The molecule has 2 aromatic rings. The number of ether oxygens (including phenoxy) is 2. The number of carbonyl (C=O) groups is 2. The van der Waals surface area contributed by atoms with E-state index >= 15 is 0 Å². The second-order valence-corrected chi connectivity index (χ2v) is 10.9. The first kappa shape index (κ1) is 33.1. The molecule has 0 amide bonds. The van der Waals surface area contributed by atoms with Crippen molar-refractivity contribution in [1.82, 2.24) is 0 Å². The SMILES string of the molecule is N#Cc1ccc(C2=CCC=C(OC(=O)CCCCCCCCCC(=O)OC3=CC(F)=C(c4ccc(F)cc4)CC=C3)C=C2)cc1. The van der Waals surface area contributed by atoms with Gasteiger partial charge in [-0.1, -0.05) is 74.6 Å². The lowest BCUT2D eigenvalue weighted by molar-refractivity contribution is -0.140. The fourth-order valence-corrected chi connectivity index (χ4v) is 5.05. The summed E-state index contributed by atoms with van der Waals surface area (Å²) in [5.74, 6) is -0.837. The molecule has 2 aliphatic carbocycles. The molecule has 0 N–H and O–H groups in total. The summed E-state index contributed by atoms with van der Waals surface area (Å²) in [6.07, 6.45) is 20.0. The van der Waals surface area contributed by atoms with Crippen molar-refractivity contribution in [1.29, 1.82) is 5.26 Å². The molecule has 2 aliphatic rings. The summed E-state index contributed by atoms with van der Waals surface area (Å²) in [6.45, 7) is 0. The molecule has 0 unspecified atom stereocenters. The molecule has 0 heterocycles. The van der Waals surface area contributed by atoms with Crippen LogP contribution in [0.1, 0.15) is 87.3 Å². The Bertz CT molecular complexity index is 1570. The highest BCUT2D eigenvalue weighted by atomic mass is 19.1. The van der Waals surface area contributed by atoms with Crippen LogP contribution in [0.2, 0.25) is 0 Å². The molecule has 0 saturated carbocycles. The van der Waals surface area contributed by atoms with Crippen LogP contribution in [-0.2, 0) is 19.1 Å². The van der Waals surface area contributed by atoms with E-state index in [4.69, 9.17) is 14.7 Å². The third-order valence-corrected chi connectivity index (χ3v) is 7.51. The maximum atomic E-state index is 14.8. The van der Waals surface area contributed by atoms with Crippen molar-refractivity contribution in [2.45, 2.75) is 70.6 Å². The lowest BCUT2D eigenvalue weighted by Gasteiger charge is -2.06. The third-order valence-electron chi connectivity index (χ3n) is 7.51. The normalized spacial score (nSPS) is 14.5. The molecule has 0 radical (unpaired) electrons. The number of unbranched alkanes of at least 4 members (excludes halogenated alkanes) is 6. The highest BCUT2D eigenvalue weighted by Gasteiger charge is 2.14. The summed E-state index contributed by atoms with van der Waals surface area (Å²) in [6, 6.07) is 15.1. The van der Waals surface area contributed by atoms with Gasteiger partial charge in [0.05, 0.1) is 11.6 Å². The van der Waals surface area contributed by atoms with Crippen molar-refractivity contribution in [3.63, 3.8) is 0 Å². The molecule has 0 spiro atoms. The molecular formula is C38H37F2NO4. The van der Waals surface area contributed by atoms with Gasteiger partial charge in [0, 0.05) is 18.9 Å². The molecule has 232 valence electrons. The molecular weight excluding hydrogens is 572 g/mol. The van der Waals surface area contributed by atoms with E-state index in [2.05, 4.69) is 12.1 Å². The summed E-state index contributed by atoms with van der Waals surface area (Å²) in [4.78, 5) is 24.6. The average molecular weight is 610 g/mol. The Hall–Kier alpha value is -4.83. The van der Waals surface area contributed by atoms with Crippen molar-refractivity contribution in [2.24, 2.45) is 0 Å². The molecule has 0 fully saturated rings. The number of benzene rings is 2. The lowest BCUT2D eigenvalue weighted by Crippen LogP contribution is -2.03. The van der Waals surface area contributed by atoms with Gasteiger partial charge in [-0.05, 0) is 90.4 Å². The van der Waals surface area contributed by atoms with Crippen LogP contribution in [0.3, 0.4) is 0 Å². The van der Waals surface area contributed by atoms with Crippen molar-refractivity contribution in [3.8, 4) is 6.07 Å². The summed E-state index contributed by atoms with van der Waals surface area (Å²) in [5, 5.41) is 8.97. The van der Waals surface area contributed by atoms with Gasteiger partial charge in [0.1, 0.15) is 23.2 Å². The molecule has 45 heavy (non-hydrogen) atoms. The lowest BCUT2D eigenvalue weighted by atomic mass is 10.0. The summed E-state index contributed by atoms with van der Waals surface area (Å²) < 4.78 is 38.9. The number of hydrogen-bond donors (Lipinski definition) is 0. The summed E-state index contributed by atoms with van der Waals surface area (Å²) in [7, 11) is 0. The van der Waals surface area contributed by atoms with Crippen LogP contribution < -0.4 is 0 Å². The zero-order chi connectivity index (χ0) is 31.9. The number of halogens is 2. The van der Waals surface area contributed by atoms with Crippen molar-refractivity contribution < 1.29 is 27.8 Å². The van der Waals surface area contributed by atoms with Gasteiger partial charge in [-0.2, -0.15) is 5.26 Å². The van der Waals surface area contributed by atoms with E-state index in [1.165, 1.54) is 30.3 Å². The Balaban J connectivity index is 1.05. The molecule has 7 heteroatoms. The van der Waals surface area contributed by atoms with Gasteiger partial charge >= 0.3 is 11.9 Å². The van der Waals surface area contributed by atoms with Crippen LogP contribution in [-0.4, -0.2) is 11.9 Å². The maximum absolute atomic E-state index is 14.8. The standard InChI is InChI=1S/C38H37F2NO4/c39-32-23-20-31(21-24-32)35-13-9-12-34(26-36(35)40)45-38(43)15-7-5-3-1-2-4-6-14-37(42)44-33-11-8-10-29(22-25-33)30-18-16-28(27-41)17-19-30/h9-12,16-26H,1-8,13-15H2. The van der Waals surface area contributed by atoms with E-state index in [1.807, 2.05) is 24.3 Å². The van der Waals surface area contributed by atoms with Gasteiger partial charge in [-0.15, -0.1) is 0 Å². The van der Waals surface area contributed by atoms with Crippen molar-refractivity contribution in [3.05, 3.63) is 131 Å². The fourth-order valence-electron chi connectivity index (χ4n) is 5.05. The van der Waals surface area contributed by atoms with Gasteiger partial charge in [-0.25, -0.2) is 8.78 Å². The number of hydrogen-bond acceptors (Lipinski definition) is 5. The first-order valence-corrected chi connectivity index (χ1v) is 15.4. The minimum atomic E-state index is -0.506. The van der Waals surface area contributed by atoms with E-state index in [0.29, 0.717) is 48.1 Å². The second kappa shape index (κ2) is 17.5. The zero-order valence-corrected chi connectivity index (χ0v) is 25.3. The molecule has 2 aromatic carbocycles. The van der Waals surface area contributed by atoms with Crippen LogP contribution in [0.25, 0.3) is 11.1 Å². The van der Waals surface area contributed by atoms with Crippen LogP contribution in [0.15, 0.2) is 108 Å². The van der Waals surface area contributed by atoms with E-state index in [9.17, 15) is 18.4 Å². The minimum Gasteiger partial charge on any atom is -0.427 e. The Labute approximate surface area is 263 Å². The van der Waals surface area contributed by atoms with Crippen LogP contribution in [0.4, 0.5) is 8.78 Å². The quantitative estimate of drug-likeness (QED) is 0.157. The Morgan fingerprint density at radius 2 is 1.31 bits per heavy atom. The van der Waals surface area contributed by atoms with Gasteiger partial charge < -0.3 is 9.47 Å². The van der Waals surface area contributed by atoms with E-state index in [-0.39, 0.29) is 24.0 Å². The summed E-state index contributed by atoms with van der Waals surface area (Å²) in [5.41, 5.74) is 3.63. The van der Waals surface area contributed by atoms with Crippen LogP contribution in [0, 0.1) is 17.1 Å². The van der Waals surface area contributed by atoms with E-state index < -0.39 is 11.8 Å². The number of esters is 2. The minimum absolute atomic E-state index is 0.156. The van der Waals surface area contributed by atoms with Gasteiger partial charge in [0.15, 0.2) is 0 Å². The average Bonchev–Trinajstić information content (AvgIpc) is 3.38. The first-order chi connectivity index (χ1) is 21.9. The fraction of sp³-hybridized carbons (Fsp3) is 0.289. The zero-order valence-electron chi connectivity index (χ0n) is 25.3. The van der Waals surface area contributed by atoms with Crippen LogP contribution >= 0.6 is 0 Å². The molecule has 0 aliphatic heterocycles. The largest absolute Gasteiger partial charge is 0.427 e. The van der Waals surface area contributed by atoms with Crippen molar-refractivity contribution >= 4 is 23.1 Å². The smallest absolute Gasteiger partial charge is 0.311 e. The maximum Gasteiger partial charge on any atom is 0.311 e. The Morgan fingerprint density at radius 3 is 1.96 bits per heavy atom. The predicted octanol–water partition coefficient (Wildman–Crippen LogP) is 9.75. The first-order valence-electron chi connectivity index (χ1n) is 15.4. The number of nitriles is 1. The van der Waals surface area contributed by atoms with E-state index in [0.717, 1.165) is 49.7 Å². The number of nitrogens with zero attached hydrogens (tertiary/aromatic N) is 1. The summed E-state index contributed by atoms with van der Waals surface area (Å²) >= 11 is 0. The third kappa shape index (κ3) is 11.0. The second-order valence-electron chi connectivity index (χ2n) is 10.9. The monoisotopic (exact) mass is 609 g/mol. The number of carbonyl (C=O) groups excluding carboxylic acids is 2. The predicted molar refractivity (Wildman–Crippen MR) is 171 cm³/mol. The molecule has 4 rings (SSSR count). The number of rotatable bonds is 14. The van der Waals surface area contributed by atoms with Gasteiger partial charge in [-0.3, -0.25) is 9.59 Å². The Morgan fingerprint density at radius 1 is 0.711 bits per heavy atom.